The number of rotatable bonds is 4. The summed E-state index contributed by atoms with van der Waals surface area (Å²) in [5, 5.41) is 10.1. The van der Waals surface area contributed by atoms with E-state index in [1.807, 2.05) is 31.3 Å². The molecule has 0 bridgehead atoms. The van der Waals surface area contributed by atoms with Crippen LogP contribution in [0.4, 0.5) is 0 Å². The van der Waals surface area contributed by atoms with Crippen molar-refractivity contribution in [2.75, 3.05) is 6.61 Å². The summed E-state index contributed by atoms with van der Waals surface area (Å²) in [5.74, 6) is 1.46. The fourth-order valence-electron chi connectivity index (χ4n) is 3.30. The second-order valence-electron chi connectivity index (χ2n) is 6.17. The molecular weight excluding hydrogens is 324 g/mol. The van der Waals surface area contributed by atoms with E-state index in [-0.39, 0.29) is 0 Å². The fraction of sp³-hybridized carbons (Fsp3) is 0.143. The number of aryl methyl sites for hydroxylation is 1. The van der Waals surface area contributed by atoms with Gasteiger partial charge in [-0.2, -0.15) is 5.26 Å². The average molecular weight is 342 g/mol. The molecule has 5 heteroatoms. The molecule has 0 aliphatic heterocycles. The lowest BCUT2D eigenvalue weighted by molar-refractivity contribution is 0.339. The highest BCUT2D eigenvalue weighted by molar-refractivity contribution is 5.99. The summed E-state index contributed by atoms with van der Waals surface area (Å²) in [5.41, 5.74) is 6.07. The first-order chi connectivity index (χ1) is 12.6. The second kappa shape index (κ2) is 6.08. The van der Waals surface area contributed by atoms with E-state index in [0.717, 1.165) is 44.4 Å². The van der Waals surface area contributed by atoms with Gasteiger partial charge in [0.05, 0.1) is 29.3 Å². The summed E-state index contributed by atoms with van der Waals surface area (Å²) < 4.78 is 5.89. The number of imidazole rings is 1. The van der Waals surface area contributed by atoms with Crippen molar-refractivity contribution < 1.29 is 4.74 Å². The zero-order chi connectivity index (χ0) is 18.3. The Balaban J connectivity index is 1.91. The van der Waals surface area contributed by atoms with Gasteiger partial charge in [0.25, 0.3) is 0 Å². The number of aromatic nitrogens is 3. The quantitative estimate of drug-likeness (QED) is 0.565. The van der Waals surface area contributed by atoms with E-state index >= 15 is 0 Å². The molecule has 2 aromatic carbocycles. The zero-order valence-corrected chi connectivity index (χ0v) is 14.7. The van der Waals surface area contributed by atoms with Crippen molar-refractivity contribution in [2.45, 2.75) is 13.8 Å². The third-order valence-corrected chi connectivity index (χ3v) is 4.50. The molecule has 0 unspecified atom stereocenters. The molecule has 2 N–H and O–H groups in total. The number of ether oxygens (including phenoxy) is 1. The van der Waals surface area contributed by atoms with Crippen LogP contribution >= 0.6 is 0 Å². The molecule has 0 aliphatic carbocycles. The van der Waals surface area contributed by atoms with Crippen LogP contribution in [0.2, 0.25) is 0 Å². The predicted octanol–water partition coefficient (Wildman–Crippen LogP) is 4.68. The van der Waals surface area contributed by atoms with Crippen LogP contribution in [0.5, 0.6) is 5.75 Å². The first-order valence-electron chi connectivity index (χ1n) is 8.45. The van der Waals surface area contributed by atoms with Crippen molar-refractivity contribution in [3.8, 4) is 11.8 Å². The molecular formula is C21H18N4O. The molecule has 4 aromatic rings. The van der Waals surface area contributed by atoms with Crippen molar-refractivity contribution >= 4 is 27.5 Å². The van der Waals surface area contributed by atoms with E-state index in [2.05, 4.69) is 34.5 Å². The summed E-state index contributed by atoms with van der Waals surface area (Å²) in [7, 11) is 0. The molecule has 0 radical (unpaired) electrons. The lowest BCUT2D eigenvalue weighted by Gasteiger charge is -2.14. The fourth-order valence-corrected chi connectivity index (χ4v) is 3.30. The monoisotopic (exact) mass is 342 g/mol. The lowest BCUT2D eigenvalue weighted by atomic mass is 9.98. The van der Waals surface area contributed by atoms with E-state index in [4.69, 9.17) is 10.00 Å². The van der Waals surface area contributed by atoms with Gasteiger partial charge in [-0.3, -0.25) is 0 Å². The van der Waals surface area contributed by atoms with Crippen LogP contribution in [0.3, 0.4) is 0 Å². The second-order valence-corrected chi connectivity index (χ2v) is 6.17. The molecule has 0 spiro atoms. The molecule has 2 heterocycles. The number of hydrogen-bond acceptors (Lipinski definition) is 3. The number of fused-ring (bicyclic) bond motifs is 2. The van der Waals surface area contributed by atoms with E-state index in [1.165, 1.54) is 0 Å². The van der Waals surface area contributed by atoms with Crippen LogP contribution in [0.15, 0.2) is 43.1 Å². The molecule has 0 saturated heterocycles. The number of H-pyrrole nitrogens is 2. The third kappa shape index (κ3) is 2.44. The van der Waals surface area contributed by atoms with E-state index in [9.17, 15) is 0 Å². The van der Waals surface area contributed by atoms with Crippen LogP contribution in [-0.2, 0) is 0 Å². The smallest absolute Gasteiger partial charge is 0.138 e. The molecule has 0 saturated carbocycles. The van der Waals surface area contributed by atoms with E-state index < -0.39 is 0 Å². The number of aromatic amines is 2. The molecule has 4 rings (SSSR count). The standard InChI is InChI=1S/C21H18N4O/c1-4-26-18-9-12(2)20-15(7-8-23-20)19(18)13(3)21-24-16-6-5-14(11-22)10-17(16)25-21/h5-10,23H,3-4H2,1-2H3,(H,24,25). The van der Waals surface area contributed by atoms with Gasteiger partial charge in [0, 0.05) is 28.2 Å². The Morgan fingerprint density at radius 1 is 1.31 bits per heavy atom. The molecule has 0 atom stereocenters. The zero-order valence-electron chi connectivity index (χ0n) is 14.7. The highest BCUT2D eigenvalue weighted by Gasteiger charge is 2.18. The van der Waals surface area contributed by atoms with Crippen molar-refractivity contribution in [3.05, 3.63) is 65.6 Å². The Morgan fingerprint density at radius 2 is 2.15 bits per heavy atom. The van der Waals surface area contributed by atoms with Gasteiger partial charge in [-0.1, -0.05) is 6.58 Å². The highest BCUT2D eigenvalue weighted by Crippen LogP contribution is 2.37. The van der Waals surface area contributed by atoms with Crippen molar-refractivity contribution in [1.29, 1.82) is 5.26 Å². The first kappa shape index (κ1) is 16.0. The van der Waals surface area contributed by atoms with Gasteiger partial charge in [-0.05, 0) is 49.7 Å². The van der Waals surface area contributed by atoms with E-state index in [1.54, 1.807) is 12.1 Å². The number of hydrogen-bond donors (Lipinski definition) is 2. The number of benzene rings is 2. The van der Waals surface area contributed by atoms with E-state index in [0.29, 0.717) is 18.0 Å². The van der Waals surface area contributed by atoms with Crippen molar-refractivity contribution in [1.82, 2.24) is 15.0 Å². The Kier molecular flexibility index (Phi) is 3.74. The van der Waals surface area contributed by atoms with Gasteiger partial charge >= 0.3 is 0 Å². The molecule has 0 fully saturated rings. The molecule has 5 nitrogen and oxygen atoms in total. The number of nitriles is 1. The van der Waals surface area contributed by atoms with Gasteiger partial charge < -0.3 is 14.7 Å². The van der Waals surface area contributed by atoms with Gasteiger partial charge in [0.15, 0.2) is 0 Å². The van der Waals surface area contributed by atoms with Gasteiger partial charge in [0.1, 0.15) is 11.6 Å². The largest absolute Gasteiger partial charge is 0.493 e. The maximum absolute atomic E-state index is 9.09. The lowest BCUT2D eigenvalue weighted by Crippen LogP contribution is -1.99. The average Bonchev–Trinajstić information content (AvgIpc) is 3.28. The van der Waals surface area contributed by atoms with Gasteiger partial charge in [-0.25, -0.2) is 4.98 Å². The third-order valence-electron chi connectivity index (χ3n) is 4.50. The van der Waals surface area contributed by atoms with Crippen LogP contribution in [0.1, 0.15) is 29.4 Å². The molecule has 0 amide bonds. The van der Waals surface area contributed by atoms with Gasteiger partial charge in [0.2, 0.25) is 0 Å². The Hall–Kier alpha value is -3.52. The SMILES string of the molecule is C=C(c1nc2ccc(C#N)cc2[nH]1)c1c(OCC)cc(C)c2[nH]ccc12. The Labute approximate surface area is 150 Å². The predicted molar refractivity (Wildman–Crippen MR) is 103 cm³/mol. The van der Waals surface area contributed by atoms with Crippen molar-refractivity contribution in [2.24, 2.45) is 0 Å². The first-order valence-corrected chi connectivity index (χ1v) is 8.45. The van der Waals surface area contributed by atoms with Crippen molar-refractivity contribution in [3.63, 3.8) is 0 Å². The molecule has 2 aromatic heterocycles. The summed E-state index contributed by atoms with van der Waals surface area (Å²) >= 11 is 0. The minimum absolute atomic E-state index is 0.571. The number of nitrogens with one attached hydrogen (secondary N) is 2. The molecule has 0 aliphatic rings. The summed E-state index contributed by atoms with van der Waals surface area (Å²) in [4.78, 5) is 11.2. The van der Waals surface area contributed by atoms with Crippen LogP contribution < -0.4 is 4.74 Å². The molecule has 128 valence electrons. The maximum atomic E-state index is 9.09. The maximum Gasteiger partial charge on any atom is 0.138 e. The Bertz CT molecular complexity index is 1190. The molecule has 26 heavy (non-hydrogen) atoms. The minimum atomic E-state index is 0.571. The van der Waals surface area contributed by atoms with Crippen LogP contribution in [0, 0.1) is 18.3 Å². The van der Waals surface area contributed by atoms with Crippen LogP contribution in [0.25, 0.3) is 27.5 Å². The minimum Gasteiger partial charge on any atom is -0.493 e. The summed E-state index contributed by atoms with van der Waals surface area (Å²) in [6.07, 6.45) is 1.92. The van der Waals surface area contributed by atoms with Gasteiger partial charge in [-0.15, -0.1) is 0 Å². The highest BCUT2D eigenvalue weighted by atomic mass is 16.5. The summed E-state index contributed by atoms with van der Waals surface area (Å²) in [6, 6.07) is 11.6. The Morgan fingerprint density at radius 3 is 2.92 bits per heavy atom. The van der Waals surface area contributed by atoms with Crippen LogP contribution in [-0.4, -0.2) is 21.6 Å². The number of nitrogens with zero attached hydrogens (tertiary/aromatic N) is 2. The summed E-state index contributed by atoms with van der Waals surface area (Å²) in [6.45, 7) is 8.87. The normalized spacial score (nSPS) is 11.0. The topological polar surface area (TPSA) is 77.5 Å².